The second kappa shape index (κ2) is 9.40. The van der Waals surface area contributed by atoms with Gasteiger partial charge >= 0.3 is 0 Å². The maximum Gasteiger partial charge on any atom is 0.261 e. The fourth-order valence-electron chi connectivity index (χ4n) is 3.28. The van der Waals surface area contributed by atoms with E-state index in [2.05, 4.69) is 34.5 Å². The number of hydrogen-bond donors (Lipinski definition) is 1. The molecular weight excluding hydrogens is 343 g/mol. The van der Waals surface area contributed by atoms with Gasteiger partial charge in [-0.25, -0.2) is 4.39 Å². The minimum absolute atomic E-state index is 0.165. The Kier molecular flexibility index (Phi) is 6.69. The SMILES string of the molecule is CC[C@H](Oc1ccc(F)cc1)C(=O)NCc1ccc(N2CCCCC2)cc1. The second-order valence-electron chi connectivity index (χ2n) is 6.90. The Morgan fingerprint density at radius 3 is 2.37 bits per heavy atom. The first-order valence-corrected chi connectivity index (χ1v) is 9.69. The zero-order valence-corrected chi connectivity index (χ0v) is 15.8. The Hall–Kier alpha value is -2.56. The lowest BCUT2D eigenvalue weighted by Gasteiger charge is -2.28. The van der Waals surface area contributed by atoms with E-state index in [1.807, 2.05) is 6.92 Å². The number of nitrogens with one attached hydrogen (secondary N) is 1. The monoisotopic (exact) mass is 370 g/mol. The number of amides is 1. The van der Waals surface area contributed by atoms with Gasteiger partial charge in [0.05, 0.1) is 0 Å². The number of benzene rings is 2. The third-order valence-corrected chi connectivity index (χ3v) is 4.88. The van der Waals surface area contributed by atoms with Crippen LogP contribution in [-0.4, -0.2) is 25.1 Å². The van der Waals surface area contributed by atoms with Crippen molar-refractivity contribution in [3.63, 3.8) is 0 Å². The molecule has 0 bridgehead atoms. The van der Waals surface area contributed by atoms with E-state index < -0.39 is 6.10 Å². The normalized spacial score (nSPS) is 15.3. The number of piperidine rings is 1. The number of rotatable bonds is 7. The van der Waals surface area contributed by atoms with Crippen molar-refractivity contribution < 1.29 is 13.9 Å². The smallest absolute Gasteiger partial charge is 0.261 e. The van der Waals surface area contributed by atoms with Crippen LogP contribution in [0.5, 0.6) is 5.75 Å². The van der Waals surface area contributed by atoms with Crippen LogP contribution >= 0.6 is 0 Å². The predicted molar refractivity (Wildman–Crippen MR) is 105 cm³/mol. The fraction of sp³-hybridized carbons (Fsp3) is 0.409. The molecule has 1 aliphatic rings. The van der Waals surface area contributed by atoms with Crippen LogP contribution in [0.2, 0.25) is 0 Å². The summed E-state index contributed by atoms with van der Waals surface area (Å²) in [5, 5.41) is 2.93. The van der Waals surface area contributed by atoms with Crippen LogP contribution < -0.4 is 15.0 Å². The van der Waals surface area contributed by atoms with Crippen LogP contribution in [0.3, 0.4) is 0 Å². The average Bonchev–Trinajstić information content (AvgIpc) is 2.72. The summed E-state index contributed by atoms with van der Waals surface area (Å²) >= 11 is 0. The minimum atomic E-state index is -0.594. The number of carbonyl (C=O) groups excluding carboxylic acids is 1. The average molecular weight is 370 g/mol. The first-order valence-electron chi connectivity index (χ1n) is 9.69. The van der Waals surface area contributed by atoms with Gasteiger partial charge in [0.15, 0.2) is 6.10 Å². The largest absolute Gasteiger partial charge is 0.481 e. The first-order chi connectivity index (χ1) is 13.2. The molecule has 144 valence electrons. The number of ether oxygens (including phenoxy) is 1. The van der Waals surface area contributed by atoms with E-state index in [-0.39, 0.29) is 11.7 Å². The summed E-state index contributed by atoms with van der Waals surface area (Å²) < 4.78 is 18.7. The quantitative estimate of drug-likeness (QED) is 0.790. The highest BCUT2D eigenvalue weighted by molar-refractivity contribution is 5.81. The van der Waals surface area contributed by atoms with Gasteiger partial charge in [-0.2, -0.15) is 0 Å². The van der Waals surface area contributed by atoms with Crippen molar-refractivity contribution >= 4 is 11.6 Å². The van der Waals surface area contributed by atoms with Gasteiger partial charge in [0.25, 0.3) is 5.91 Å². The summed E-state index contributed by atoms with van der Waals surface area (Å²) in [5.41, 5.74) is 2.30. The third kappa shape index (κ3) is 5.46. The molecule has 5 heteroatoms. The van der Waals surface area contributed by atoms with Gasteiger partial charge in [0.1, 0.15) is 11.6 Å². The summed E-state index contributed by atoms with van der Waals surface area (Å²) in [6.07, 6.45) is 3.77. The molecule has 0 spiro atoms. The number of nitrogens with zero attached hydrogens (tertiary/aromatic N) is 1. The number of carbonyl (C=O) groups is 1. The van der Waals surface area contributed by atoms with Gasteiger partial charge in [-0.05, 0) is 67.6 Å². The molecule has 0 saturated carbocycles. The molecule has 3 rings (SSSR count). The Morgan fingerprint density at radius 1 is 1.07 bits per heavy atom. The van der Waals surface area contributed by atoms with Gasteiger partial charge in [-0.3, -0.25) is 4.79 Å². The topological polar surface area (TPSA) is 41.6 Å². The van der Waals surface area contributed by atoms with Crippen molar-refractivity contribution in [2.45, 2.75) is 45.3 Å². The lowest BCUT2D eigenvalue weighted by atomic mass is 10.1. The molecule has 0 radical (unpaired) electrons. The standard InChI is InChI=1S/C22H27FN2O2/c1-2-21(27-20-12-8-18(23)9-13-20)22(26)24-16-17-6-10-19(11-7-17)25-14-4-3-5-15-25/h6-13,21H,2-5,14-16H2,1H3,(H,24,26)/t21-/m0/s1. The molecule has 1 amide bonds. The van der Waals surface area contributed by atoms with E-state index in [1.54, 1.807) is 0 Å². The summed E-state index contributed by atoms with van der Waals surface area (Å²) in [5.74, 6) is -0.000864. The molecular formula is C22H27FN2O2. The molecule has 1 N–H and O–H groups in total. The maximum atomic E-state index is 13.0. The van der Waals surface area contributed by atoms with Crippen LogP contribution in [0.25, 0.3) is 0 Å². The molecule has 1 saturated heterocycles. The Labute approximate surface area is 160 Å². The molecule has 27 heavy (non-hydrogen) atoms. The highest BCUT2D eigenvalue weighted by Crippen LogP contribution is 2.20. The van der Waals surface area contributed by atoms with Crippen molar-refractivity contribution in [1.82, 2.24) is 5.32 Å². The highest BCUT2D eigenvalue weighted by Gasteiger charge is 2.18. The summed E-state index contributed by atoms with van der Waals surface area (Å²) in [4.78, 5) is 14.8. The molecule has 0 aliphatic carbocycles. The van der Waals surface area contributed by atoms with Gasteiger partial charge < -0.3 is 15.0 Å². The Balaban J connectivity index is 1.51. The highest BCUT2D eigenvalue weighted by atomic mass is 19.1. The fourth-order valence-corrected chi connectivity index (χ4v) is 3.28. The third-order valence-electron chi connectivity index (χ3n) is 4.88. The van der Waals surface area contributed by atoms with Crippen LogP contribution in [0, 0.1) is 5.82 Å². The summed E-state index contributed by atoms with van der Waals surface area (Å²) in [6, 6.07) is 14.1. The van der Waals surface area contributed by atoms with Crippen LogP contribution in [0.4, 0.5) is 10.1 Å². The zero-order chi connectivity index (χ0) is 19.1. The van der Waals surface area contributed by atoms with E-state index in [0.717, 1.165) is 18.7 Å². The molecule has 1 fully saturated rings. The zero-order valence-electron chi connectivity index (χ0n) is 15.8. The van der Waals surface area contributed by atoms with Crippen molar-refractivity contribution in [2.75, 3.05) is 18.0 Å². The molecule has 1 aliphatic heterocycles. The van der Waals surface area contributed by atoms with Crippen LogP contribution in [0.15, 0.2) is 48.5 Å². The molecule has 0 unspecified atom stereocenters. The lowest BCUT2D eigenvalue weighted by molar-refractivity contribution is -0.128. The van der Waals surface area contributed by atoms with Crippen LogP contribution in [0.1, 0.15) is 38.2 Å². The Bertz CT molecular complexity index is 725. The number of halogens is 1. The minimum Gasteiger partial charge on any atom is -0.481 e. The molecule has 2 aromatic rings. The van der Waals surface area contributed by atoms with Gasteiger partial charge in [0, 0.05) is 25.3 Å². The van der Waals surface area contributed by atoms with Crippen molar-refractivity contribution in [1.29, 1.82) is 0 Å². The van der Waals surface area contributed by atoms with E-state index in [0.29, 0.717) is 18.7 Å². The number of hydrogen-bond acceptors (Lipinski definition) is 3. The Morgan fingerprint density at radius 2 is 1.74 bits per heavy atom. The van der Waals surface area contributed by atoms with Crippen molar-refractivity contribution in [3.05, 3.63) is 59.9 Å². The van der Waals surface area contributed by atoms with Crippen molar-refractivity contribution in [2.24, 2.45) is 0 Å². The van der Waals surface area contributed by atoms with E-state index in [4.69, 9.17) is 4.74 Å². The molecule has 4 nitrogen and oxygen atoms in total. The first kappa shape index (κ1) is 19.2. The van der Waals surface area contributed by atoms with Gasteiger partial charge in [0.2, 0.25) is 0 Å². The second-order valence-corrected chi connectivity index (χ2v) is 6.90. The van der Waals surface area contributed by atoms with Crippen LogP contribution in [-0.2, 0) is 11.3 Å². The van der Waals surface area contributed by atoms with Gasteiger partial charge in [-0.1, -0.05) is 19.1 Å². The molecule has 1 atom stereocenters. The summed E-state index contributed by atoms with van der Waals surface area (Å²) in [7, 11) is 0. The molecule has 2 aromatic carbocycles. The van der Waals surface area contributed by atoms with E-state index in [9.17, 15) is 9.18 Å². The lowest BCUT2D eigenvalue weighted by Crippen LogP contribution is -2.37. The maximum absolute atomic E-state index is 13.0. The molecule has 0 aromatic heterocycles. The predicted octanol–water partition coefficient (Wildman–Crippen LogP) is 4.29. The van der Waals surface area contributed by atoms with Crippen molar-refractivity contribution in [3.8, 4) is 5.75 Å². The van der Waals surface area contributed by atoms with E-state index >= 15 is 0 Å². The number of anilines is 1. The van der Waals surface area contributed by atoms with Gasteiger partial charge in [-0.15, -0.1) is 0 Å². The summed E-state index contributed by atoms with van der Waals surface area (Å²) in [6.45, 7) is 4.59. The molecule has 1 heterocycles. The van der Waals surface area contributed by atoms with E-state index in [1.165, 1.54) is 49.2 Å².